The van der Waals surface area contributed by atoms with E-state index in [1.165, 1.54) is 18.2 Å². The summed E-state index contributed by atoms with van der Waals surface area (Å²) in [4.78, 5) is 0. The average Bonchev–Trinajstić information content (AvgIpc) is 2.67. The van der Waals surface area contributed by atoms with E-state index in [0.29, 0.717) is 19.9 Å². The minimum Gasteiger partial charge on any atom is -0.406 e. The molecule has 0 unspecified atom stereocenters. The van der Waals surface area contributed by atoms with Gasteiger partial charge in [-0.2, -0.15) is 0 Å². The fourth-order valence-corrected chi connectivity index (χ4v) is 6.52. The smallest absolute Gasteiger partial charge is 0.406 e. The van der Waals surface area contributed by atoms with E-state index >= 15 is 0 Å². The molecule has 146 valence electrons. The van der Waals surface area contributed by atoms with Gasteiger partial charge in [-0.25, -0.2) is 0 Å². The largest absolute Gasteiger partial charge is 0.573 e. The summed E-state index contributed by atoms with van der Waals surface area (Å²) in [6.45, 7) is 0. The molecule has 0 aliphatic carbocycles. The Morgan fingerprint density at radius 1 is 0.893 bits per heavy atom. The fraction of sp³-hybridized carbons (Fsp3) is 0.100. The van der Waals surface area contributed by atoms with Crippen molar-refractivity contribution in [1.82, 2.24) is 0 Å². The summed E-state index contributed by atoms with van der Waals surface area (Å²) < 4.78 is 57.9. The van der Waals surface area contributed by atoms with Crippen molar-refractivity contribution in [3.05, 3.63) is 82.4 Å². The molecule has 0 N–H and O–H groups in total. The summed E-state index contributed by atoms with van der Waals surface area (Å²) in [5, 5.41) is 1.27. The number of halogens is 4. The average molecular weight is 517 g/mol. The quantitative estimate of drug-likeness (QED) is 0.328. The van der Waals surface area contributed by atoms with Gasteiger partial charge in [0.1, 0.15) is 5.75 Å². The SMILES string of the molecule is CN(c1ccc(OC(F)(F)F)cc1I)P(=O)(c1ccccc1)c1ccccc1. The lowest BCUT2D eigenvalue weighted by Crippen LogP contribution is -2.30. The maximum absolute atomic E-state index is 14.3. The van der Waals surface area contributed by atoms with Crippen LogP contribution >= 0.6 is 29.9 Å². The molecule has 0 aliphatic rings. The second-order valence-corrected chi connectivity index (χ2v) is 9.88. The Balaban J connectivity index is 2.08. The Morgan fingerprint density at radius 3 is 1.82 bits per heavy atom. The summed E-state index contributed by atoms with van der Waals surface area (Å²) in [5.41, 5.74) is 0.547. The number of hydrogen-bond acceptors (Lipinski definition) is 2. The summed E-state index contributed by atoms with van der Waals surface area (Å²) in [6, 6.07) is 22.1. The minimum absolute atomic E-state index is 0.316. The van der Waals surface area contributed by atoms with Gasteiger partial charge in [-0.1, -0.05) is 36.4 Å². The molecule has 3 aromatic carbocycles. The van der Waals surface area contributed by atoms with E-state index in [1.807, 2.05) is 59.0 Å². The fourth-order valence-electron chi connectivity index (χ4n) is 2.85. The standard InChI is InChI=1S/C20H16F3INO2P/c1-25(19-13-12-15(14-18(19)24)27-20(21,22)23)28(26,16-8-4-2-5-9-16)17-10-6-3-7-11-17/h2-14H,1H3. The number of ether oxygens (including phenoxy) is 1. The third-order valence-electron chi connectivity index (χ3n) is 4.14. The van der Waals surface area contributed by atoms with E-state index in [2.05, 4.69) is 4.74 Å². The summed E-state index contributed by atoms with van der Waals surface area (Å²) in [7, 11) is -1.57. The van der Waals surface area contributed by atoms with Crippen molar-refractivity contribution in [2.24, 2.45) is 0 Å². The highest BCUT2D eigenvalue weighted by molar-refractivity contribution is 14.1. The van der Waals surface area contributed by atoms with Gasteiger partial charge in [0.25, 0.3) is 0 Å². The molecule has 0 heterocycles. The molecule has 3 aromatic rings. The van der Waals surface area contributed by atoms with Crippen molar-refractivity contribution in [1.29, 1.82) is 0 Å². The second-order valence-electron chi connectivity index (χ2n) is 5.93. The normalized spacial score (nSPS) is 11.9. The van der Waals surface area contributed by atoms with Crippen molar-refractivity contribution in [3.8, 4) is 5.75 Å². The zero-order valence-electron chi connectivity index (χ0n) is 14.7. The van der Waals surface area contributed by atoms with Crippen LogP contribution < -0.4 is 20.0 Å². The lowest BCUT2D eigenvalue weighted by molar-refractivity contribution is -0.274. The van der Waals surface area contributed by atoms with Crippen LogP contribution in [0.15, 0.2) is 78.9 Å². The summed E-state index contributed by atoms with van der Waals surface area (Å²) >= 11 is 1.92. The van der Waals surface area contributed by atoms with Crippen LogP contribution in [-0.2, 0) is 4.57 Å². The number of benzene rings is 3. The first-order valence-corrected chi connectivity index (χ1v) is 11.0. The molecular weight excluding hydrogens is 501 g/mol. The van der Waals surface area contributed by atoms with Crippen molar-refractivity contribution >= 4 is 46.2 Å². The van der Waals surface area contributed by atoms with Gasteiger partial charge < -0.3 is 9.41 Å². The number of alkyl halides is 3. The van der Waals surface area contributed by atoms with Gasteiger partial charge in [0.15, 0.2) is 0 Å². The lowest BCUT2D eigenvalue weighted by Gasteiger charge is -2.32. The van der Waals surface area contributed by atoms with Crippen LogP contribution in [0, 0.1) is 3.57 Å². The Labute approximate surface area is 174 Å². The third kappa shape index (κ3) is 4.36. The number of nitrogens with zero attached hydrogens (tertiary/aromatic N) is 1. The van der Waals surface area contributed by atoms with Crippen LogP contribution in [-0.4, -0.2) is 13.4 Å². The molecule has 0 radical (unpaired) electrons. The molecule has 0 amide bonds. The molecule has 0 saturated carbocycles. The highest BCUT2D eigenvalue weighted by Gasteiger charge is 2.34. The highest BCUT2D eigenvalue weighted by atomic mass is 127. The second kappa shape index (κ2) is 8.17. The zero-order chi connectivity index (χ0) is 20.4. The summed E-state index contributed by atoms with van der Waals surface area (Å²) in [6.07, 6.45) is -4.76. The van der Waals surface area contributed by atoms with Gasteiger partial charge in [-0.15, -0.1) is 13.2 Å². The molecule has 28 heavy (non-hydrogen) atoms. The molecule has 8 heteroatoms. The molecule has 0 bridgehead atoms. The predicted molar refractivity (Wildman–Crippen MR) is 114 cm³/mol. The Kier molecular flexibility index (Phi) is 6.05. The first-order chi connectivity index (χ1) is 13.2. The van der Waals surface area contributed by atoms with E-state index in [1.54, 1.807) is 36.0 Å². The van der Waals surface area contributed by atoms with E-state index in [0.717, 1.165) is 0 Å². The number of rotatable bonds is 5. The number of anilines is 1. The van der Waals surface area contributed by atoms with Gasteiger partial charge in [0.2, 0.25) is 7.29 Å². The molecule has 3 nitrogen and oxygen atoms in total. The Hall–Kier alpha value is -1.99. The lowest BCUT2D eigenvalue weighted by atomic mass is 10.3. The van der Waals surface area contributed by atoms with Crippen LogP contribution in [0.3, 0.4) is 0 Å². The molecule has 0 spiro atoms. The van der Waals surface area contributed by atoms with Crippen molar-refractivity contribution in [3.63, 3.8) is 0 Å². The molecule has 0 aromatic heterocycles. The zero-order valence-corrected chi connectivity index (χ0v) is 17.8. The van der Waals surface area contributed by atoms with E-state index in [-0.39, 0.29) is 5.75 Å². The van der Waals surface area contributed by atoms with Gasteiger partial charge in [-0.05, 0) is 65.1 Å². The van der Waals surface area contributed by atoms with Crippen molar-refractivity contribution in [2.75, 3.05) is 11.7 Å². The van der Waals surface area contributed by atoms with Crippen LogP contribution in [0.25, 0.3) is 0 Å². The maximum atomic E-state index is 14.3. The monoisotopic (exact) mass is 517 g/mol. The van der Waals surface area contributed by atoms with E-state index in [9.17, 15) is 17.7 Å². The molecule has 0 saturated heterocycles. The predicted octanol–water partition coefficient (Wildman–Crippen LogP) is 5.56. The van der Waals surface area contributed by atoms with E-state index < -0.39 is 13.7 Å². The van der Waals surface area contributed by atoms with Crippen LogP contribution in [0.5, 0.6) is 5.75 Å². The maximum Gasteiger partial charge on any atom is 0.573 e. The summed E-state index contributed by atoms with van der Waals surface area (Å²) in [5.74, 6) is -0.316. The minimum atomic E-state index is -4.76. The number of hydrogen-bond donors (Lipinski definition) is 0. The first kappa shape index (κ1) is 20.7. The van der Waals surface area contributed by atoms with Crippen LogP contribution in [0.4, 0.5) is 18.9 Å². The molecule has 0 fully saturated rings. The molecular formula is C20H16F3INO2P. The van der Waals surface area contributed by atoms with Gasteiger partial charge in [0, 0.05) is 21.2 Å². The van der Waals surface area contributed by atoms with Gasteiger partial charge in [-0.3, -0.25) is 4.57 Å². The van der Waals surface area contributed by atoms with Crippen molar-refractivity contribution < 1.29 is 22.5 Å². The van der Waals surface area contributed by atoms with Gasteiger partial charge in [0.05, 0.1) is 5.69 Å². The van der Waals surface area contributed by atoms with Gasteiger partial charge >= 0.3 is 6.36 Å². The molecule has 3 rings (SSSR count). The molecule has 0 aliphatic heterocycles. The van der Waals surface area contributed by atoms with E-state index in [4.69, 9.17) is 0 Å². The molecule has 0 atom stereocenters. The highest BCUT2D eigenvalue weighted by Crippen LogP contribution is 2.50. The third-order valence-corrected chi connectivity index (χ3v) is 8.06. The van der Waals surface area contributed by atoms with Crippen molar-refractivity contribution in [2.45, 2.75) is 6.36 Å². The Morgan fingerprint density at radius 2 is 1.39 bits per heavy atom. The van der Waals surface area contributed by atoms with Crippen LogP contribution in [0.2, 0.25) is 0 Å². The Bertz CT molecular complexity index is 954. The first-order valence-electron chi connectivity index (χ1n) is 8.22. The van der Waals surface area contributed by atoms with Crippen LogP contribution in [0.1, 0.15) is 0 Å². The topological polar surface area (TPSA) is 29.5 Å².